The van der Waals surface area contributed by atoms with Crippen molar-refractivity contribution >= 4 is 44.5 Å². The molecule has 0 saturated heterocycles. The van der Waals surface area contributed by atoms with Crippen molar-refractivity contribution in [2.24, 2.45) is 5.10 Å². The van der Waals surface area contributed by atoms with Gasteiger partial charge in [-0.3, -0.25) is 14.9 Å². The number of amides is 1. The molecule has 0 unspecified atom stereocenters. The number of hydrazone groups is 1. The molecular weight excluding hydrogens is 538 g/mol. The molecule has 0 aliphatic rings. The monoisotopic (exact) mass is 561 g/mol. The van der Waals surface area contributed by atoms with Crippen LogP contribution >= 0.6 is 15.9 Å². The molecule has 37 heavy (non-hydrogen) atoms. The summed E-state index contributed by atoms with van der Waals surface area (Å²) < 4.78 is 12.6. The number of nitro groups is 1. The number of nitro benzene ring substituents is 1. The van der Waals surface area contributed by atoms with Crippen molar-refractivity contribution in [3.8, 4) is 11.5 Å². The van der Waals surface area contributed by atoms with Gasteiger partial charge < -0.3 is 9.47 Å². The Morgan fingerprint density at radius 3 is 2.57 bits per heavy atom. The van der Waals surface area contributed by atoms with Gasteiger partial charge in [-0.15, -0.1) is 0 Å². The normalized spacial score (nSPS) is 11.0. The number of carbonyl (C=O) groups excluding carboxylic acids is 1. The fourth-order valence-corrected chi connectivity index (χ4v) is 4.44. The number of carbonyl (C=O) groups is 1. The SMILES string of the molecule is CCOc1cc(/C=N/NC(=O)Cc2ccccc2[N+](=O)[O-])cc(Br)c1OCc1cccc2ccccc12. The van der Waals surface area contributed by atoms with Gasteiger partial charge in [0.25, 0.3) is 5.69 Å². The third-order valence-electron chi connectivity index (χ3n) is 5.53. The summed E-state index contributed by atoms with van der Waals surface area (Å²) in [5, 5.41) is 17.4. The third-order valence-corrected chi connectivity index (χ3v) is 6.11. The van der Waals surface area contributed by atoms with Gasteiger partial charge in [0.15, 0.2) is 11.5 Å². The van der Waals surface area contributed by atoms with Gasteiger partial charge in [-0.25, -0.2) is 5.43 Å². The Hall–Kier alpha value is -4.24. The van der Waals surface area contributed by atoms with Gasteiger partial charge in [-0.1, -0.05) is 60.7 Å². The molecule has 0 fully saturated rings. The highest BCUT2D eigenvalue weighted by molar-refractivity contribution is 9.10. The van der Waals surface area contributed by atoms with E-state index in [-0.39, 0.29) is 12.1 Å². The lowest BCUT2D eigenvalue weighted by Gasteiger charge is -2.15. The van der Waals surface area contributed by atoms with E-state index in [9.17, 15) is 14.9 Å². The molecular formula is C28H24BrN3O5. The Morgan fingerprint density at radius 1 is 1.03 bits per heavy atom. The first-order chi connectivity index (χ1) is 18.0. The summed E-state index contributed by atoms with van der Waals surface area (Å²) in [6.45, 7) is 2.67. The van der Waals surface area contributed by atoms with Crippen LogP contribution in [0.5, 0.6) is 11.5 Å². The number of para-hydroxylation sites is 1. The van der Waals surface area contributed by atoms with E-state index in [0.29, 0.717) is 40.3 Å². The lowest BCUT2D eigenvalue weighted by molar-refractivity contribution is -0.385. The van der Waals surface area contributed by atoms with Gasteiger partial charge in [-0.2, -0.15) is 5.10 Å². The predicted molar refractivity (Wildman–Crippen MR) is 146 cm³/mol. The van der Waals surface area contributed by atoms with Crippen molar-refractivity contribution in [2.45, 2.75) is 20.0 Å². The lowest BCUT2D eigenvalue weighted by atomic mass is 10.1. The summed E-state index contributed by atoms with van der Waals surface area (Å²) in [7, 11) is 0. The molecule has 188 valence electrons. The van der Waals surface area contributed by atoms with Crippen molar-refractivity contribution in [2.75, 3.05) is 6.61 Å². The van der Waals surface area contributed by atoms with E-state index in [1.807, 2.05) is 31.2 Å². The van der Waals surface area contributed by atoms with Crippen molar-refractivity contribution in [3.05, 3.63) is 110 Å². The van der Waals surface area contributed by atoms with E-state index in [0.717, 1.165) is 16.3 Å². The highest BCUT2D eigenvalue weighted by Crippen LogP contribution is 2.37. The van der Waals surface area contributed by atoms with Crippen LogP contribution in [0.15, 0.2) is 88.4 Å². The summed E-state index contributed by atoms with van der Waals surface area (Å²) in [6.07, 6.45) is 1.31. The maximum Gasteiger partial charge on any atom is 0.273 e. The Morgan fingerprint density at radius 2 is 1.76 bits per heavy atom. The van der Waals surface area contributed by atoms with E-state index in [1.165, 1.54) is 12.3 Å². The Labute approximate surface area is 222 Å². The summed E-state index contributed by atoms with van der Waals surface area (Å²) in [6, 6.07) is 23.9. The number of fused-ring (bicyclic) bond motifs is 1. The van der Waals surface area contributed by atoms with E-state index in [2.05, 4.69) is 44.7 Å². The molecule has 4 aromatic carbocycles. The fourth-order valence-electron chi connectivity index (χ4n) is 3.86. The molecule has 0 atom stereocenters. The first-order valence-corrected chi connectivity index (χ1v) is 12.4. The summed E-state index contributed by atoms with van der Waals surface area (Å²) >= 11 is 3.56. The fraction of sp³-hybridized carbons (Fsp3) is 0.143. The molecule has 9 heteroatoms. The molecule has 0 heterocycles. The van der Waals surface area contributed by atoms with Gasteiger partial charge in [-0.05, 0) is 56.9 Å². The number of benzene rings is 4. The van der Waals surface area contributed by atoms with E-state index in [1.54, 1.807) is 30.3 Å². The van der Waals surface area contributed by atoms with Gasteiger partial charge >= 0.3 is 0 Å². The molecule has 0 spiro atoms. The number of hydrogen-bond donors (Lipinski definition) is 1. The molecule has 0 aromatic heterocycles. The maximum absolute atomic E-state index is 12.3. The average molecular weight is 562 g/mol. The van der Waals surface area contributed by atoms with Crippen LogP contribution in [-0.2, 0) is 17.8 Å². The van der Waals surface area contributed by atoms with E-state index in [4.69, 9.17) is 9.47 Å². The molecule has 8 nitrogen and oxygen atoms in total. The summed E-state index contributed by atoms with van der Waals surface area (Å²) in [5.41, 5.74) is 4.34. The Bertz CT molecular complexity index is 1470. The van der Waals surface area contributed by atoms with Crippen molar-refractivity contribution in [3.63, 3.8) is 0 Å². The topological polar surface area (TPSA) is 103 Å². The highest BCUT2D eigenvalue weighted by atomic mass is 79.9. The lowest BCUT2D eigenvalue weighted by Crippen LogP contribution is -2.20. The van der Waals surface area contributed by atoms with E-state index < -0.39 is 10.8 Å². The molecule has 0 aliphatic heterocycles. The van der Waals surface area contributed by atoms with Crippen LogP contribution in [0.2, 0.25) is 0 Å². The van der Waals surface area contributed by atoms with Gasteiger partial charge in [0.05, 0.1) is 28.6 Å². The zero-order chi connectivity index (χ0) is 26.2. The number of rotatable bonds is 10. The largest absolute Gasteiger partial charge is 0.490 e. The number of nitrogens with one attached hydrogen (secondary N) is 1. The Balaban J connectivity index is 1.46. The van der Waals surface area contributed by atoms with Crippen molar-refractivity contribution in [1.29, 1.82) is 0 Å². The molecule has 0 bridgehead atoms. The minimum atomic E-state index is -0.511. The number of ether oxygens (including phenoxy) is 2. The first kappa shape index (κ1) is 25.8. The minimum absolute atomic E-state index is 0.106. The number of halogens is 1. The number of hydrogen-bond acceptors (Lipinski definition) is 6. The van der Waals surface area contributed by atoms with Crippen LogP contribution in [0.1, 0.15) is 23.6 Å². The van der Waals surface area contributed by atoms with Gasteiger partial charge in [0, 0.05) is 11.6 Å². The van der Waals surface area contributed by atoms with Crippen LogP contribution in [-0.4, -0.2) is 23.7 Å². The second-order valence-electron chi connectivity index (χ2n) is 8.05. The molecule has 1 N–H and O–H groups in total. The zero-order valence-corrected chi connectivity index (χ0v) is 21.6. The van der Waals surface area contributed by atoms with Crippen molar-refractivity contribution in [1.82, 2.24) is 5.43 Å². The van der Waals surface area contributed by atoms with Gasteiger partial charge in [0.1, 0.15) is 6.61 Å². The summed E-state index contributed by atoms with van der Waals surface area (Å²) in [5.74, 6) is 0.627. The molecule has 0 radical (unpaired) electrons. The Kier molecular flexibility index (Phi) is 8.48. The zero-order valence-electron chi connectivity index (χ0n) is 20.0. The smallest absolute Gasteiger partial charge is 0.273 e. The molecule has 0 aliphatic carbocycles. The van der Waals surface area contributed by atoms with Crippen LogP contribution < -0.4 is 14.9 Å². The quantitative estimate of drug-likeness (QED) is 0.141. The molecule has 1 amide bonds. The highest BCUT2D eigenvalue weighted by Gasteiger charge is 2.16. The van der Waals surface area contributed by atoms with Crippen LogP contribution in [0.3, 0.4) is 0 Å². The van der Waals surface area contributed by atoms with Crippen LogP contribution in [0.25, 0.3) is 10.8 Å². The average Bonchev–Trinajstić information content (AvgIpc) is 2.88. The van der Waals surface area contributed by atoms with Crippen LogP contribution in [0, 0.1) is 10.1 Å². The predicted octanol–water partition coefficient (Wildman–Crippen LogP) is 6.18. The van der Waals surface area contributed by atoms with Crippen molar-refractivity contribution < 1.29 is 19.2 Å². The summed E-state index contributed by atoms with van der Waals surface area (Å²) in [4.78, 5) is 22.9. The molecule has 4 aromatic rings. The number of nitrogens with zero attached hydrogens (tertiary/aromatic N) is 2. The van der Waals surface area contributed by atoms with E-state index >= 15 is 0 Å². The minimum Gasteiger partial charge on any atom is -0.490 e. The second-order valence-corrected chi connectivity index (χ2v) is 8.90. The molecule has 0 saturated carbocycles. The molecule has 4 rings (SSSR count). The standard InChI is InChI=1S/C28H24BrN3O5/c1-2-36-26-15-19(17-30-31-27(33)16-21-9-4-6-13-25(21)32(34)35)14-24(29)28(26)37-18-22-11-7-10-20-8-3-5-12-23(20)22/h3-15,17H,2,16,18H2,1H3,(H,31,33)/b30-17+. The van der Waals surface area contributed by atoms with Crippen LogP contribution in [0.4, 0.5) is 5.69 Å². The maximum atomic E-state index is 12.3. The van der Waals surface area contributed by atoms with Gasteiger partial charge in [0.2, 0.25) is 5.91 Å². The second kappa shape index (κ2) is 12.1. The third kappa shape index (κ3) is 6.50. The first-order valence-electron chi connectivity index (χ1n) is 11.6.